The number of aromatic nitrogens is 5. The first kappa shape index (κ1) is 14.3. The molecular weight excluding hydrogens is 288 g/mol. The Labute approximate surface area is 129 Å². The summed E-state index contributed by atoms with van der Waals surface area (Å²) >= 11 is 6.11. The van der Waals surface area contributed by atoms with Crippen LogP contribution in [0.25, 0.3) is 0 Å². The van der Waals surface area contributed by atoms with Gasteiger partial charge in [-0.1, -0.05) is 6.92 Å². The molecular formula is C14H19ClN6. The SMILES string of the molecule is CCNc1cc(C2(c3nncn3C)CC(C)C2)nc(Cl)n1. The summed E-state index contributed by atoms with van der Waals surface area (Å²) in [4.78, 5) is 8.69. The lowest BCUT2D eigenvalue weighted by molar-refractivity contribution is 0.180. The highest BCUT2D eigenvalue weighted by Crippen LogP contribution is 2.51. The summed E-state index contributed by atoms with van der Waals surface area (Å²) in [7, 11) is 1.97. The lowest BCUT2D eigenvalue weighted by Crippen LogP contribution is -2.44. The third-order valence-corrected chi connectivity index (χ3v) is 4.25. The minimum Gasteiger partial charge on any atom is -0.370 e. The number of rotatable bonds is 4. The zero-order valence-electron chi connectivity index (χ0n) is 12.5. The molecule has 1 aliphatic carbocycles. The number of nitrogens with one attached hydrogen (secondary N) is 1. The van der Waals surface area contributed by atoms with E-state index in [1.54, 1.807) is 6.33 Å². The summed E-state index contributed by atoms with van der Waals surface area (Å²) in [5, 5.41) is 11.8. The van der Waals surface area contributed by atoms with Crippen LogP contribution in [-0.2, 0) is 12.5 Å². The van der Waals surface area contributed by atoms with E-state index in [9.17, 15) is 0 Å². The Morgan fingerprint density at radius 3 is 2.76 bits per heavy atom. The molecule has 0 unspecified atom stereocenters. The molecule has 2 aromatic rings. The molecule has 1 fully saturated rings. The predicted molar refractivity (Wildman–Crippen MR) is 81.4 cm³/mol. The molecule has 112 valence electrons. The van der Waals surface area contributed by atoms with Crippen LogP contribution in [0.1, 0.15) is 38.2 Å². The molecule has 3 rings (SSSR count). The normalized spacial score (nSPS) is 24.7. The highest BCUT2D eigenvalue weighted by atomic mass is 35.5. The zero-order valence-corrected chi connectivity index (χ0v) is 13.2. The van der Waals surface area contributed by atoms with Crippen molar-refractivity contribution in [2.24, 2.45) is 13.0 Å². The molecule has 1 aliphatic rings. The van der Waals surface area contributed by atoms with Crippen molar-refractivity contribution in [1.29, 1.82) is 0 Å². The number of hydrogen-bond acceptors (Lipinski definition) is 5. The Kier molecular flexibility index (Phi) is 3.57. The Morgan fingerprint density at radius 1 is 1.43 bits per heavy atom. The third kappa shape index (κ3) is 2.37. The van der Waals surface area contributed by atoms with Crippen LogP contribution in [0.3, 0.4) is 0 Å². The number of hydrogen-bond donors (Lipinski definition) is 1. The monoisotopic (exact) mass is 306 g/mol. The van der Waals surface area contributed by atoms with Crippen molar-refractivity contribution >= 4 is 17.4 Å². The first-order valence-electron chi connectivity index (χ1n) is 7.18. The molecule has 2 heterocycles. The average molecular weight is 307 g/mol. The van der Waals surface area contributed by atoms with Gasteiger partial charge in [-0.15, -0.1) is 10.2 Å². The maximum absolute atomic E-state index is 6.11. The third-order valence-electron chi connectivity index (χ3n) is 4.08. The van der Waals surface area contributed by atoms with E-state index in [4.69, 9.17) is 11.6 Å². The average Bonchev–Trinajstić information content (AvgIpc) is 2.81. The molecule has 0 bridgehead atoms. The standard InChI is InChI=1S/C14H19ClN6/c1-4-16-11-5-10(18-13(15)19-11)14(6-9(2)7-14)12-20-17-8-21(12)3/h5,8-9H,4,6-7H2,1-3H3,(H,16,18,19). The number of halogens is 1. The second kappa shape index (κ2) is 5.26. The molecule has 0 aliphatic heterocycles. The zero-order chi connectivity index (χ0) is 15.0. The number of nitrogens with zero attached hydrogens (tertiary/aromatic N) is 5. The fourth-order valence-corrected chi connectivity index (χ4v) is 3.47. The molecule has 21 heavy (non-hydrogen) atoms. The fourth-order valence-electron chi connectivity index (χ4n) is 3.29. The van der Waals surface area contributed by atoms with Gasteiger partial charge in [0.05, 0.1) is 11.1 Å². The van der Waals surface area contributed by atoms with E-state index in [-0.39, 0.29) is 10.7 Å². The smallest absolute Gasteiger partial charge is 0.224 e. The van der Waals surface area contributed by atoms with Crippen molar-refractivity contribution in [3.8, 4) is 0 Å². The Hall–Kier alpha value is -1.69. The van der Waals surface area contributed by atoms with Gasteiger partial charge >= 0.3 is 0 Å². The van der Waals surface area contributed by atoms with E-state index in [2.05, 4.69) is 32.4 Å². The van der Waals surface area contributed by atoms with Gasteiger partial charge in [0.1, 0.15) is 18.0 Å². The van der Waals surface area contributed by atoms with E-state index in [1.807, 2.05) is 24.6 Å². The first-order chi connectivity index (χ1) is 10.0. The molecule has 0 saturated heterocycles. The van der Waals surface area contributed by atoms with Crippen LogP contribution < -0.4 is 5.32 Å². The Bertz CT molecular complexity index is 647. The quantitative estimate of drug-likeness (QED) is 0.879. The lowest BCUT2D eigenvalue weighted by atomic mass is 9.60. The van der Waals surface area contributed by atoms with Crippen LogP contribution in [0.5, 0.6) is 0 Å². The maximum atomic E-state index is 6.11. The summed E-state index contributed by atoms with van der Waals surface area (Å²) in [5.74, 6) is 2.34. The molecule has 6 nitrogen and oxygen atoms in total. The molecule has 1 N–H and O–H groups in total. The highest BCUT2D eigenvalue weighted by molar-refractivity contribution is 6.28. The summed E-state index contributed by atoms with van der Waals surface area (Å²) in [6.45, 7) is 5.06. The van der Waals surface area contributed by atoms with Gasteiger partial charge in [-0.05, 0) is 37.3 Å². The Balaban J connectivity index is 2.08. The van der Waals surface area contributed by atoms with Gasteiger partial charge in [-0.2, -0.15) is 0 Å². The van der Waals surface area contributed by atoms with Crippen molar-refractivity contribution in [2.75, 3.05) is 11.9 Å². The van der Waals surface area contributed by atoms with Crippen LogP contribution in [0.2, 0.25) is 5.28 Å². The second-order valence-corrected chi connectivity index (χ2v) is 6.14. The lowest BCUT2D eigenvalue weighted by Gasteiger charge is -2.45. The van der Waals surface area contributed by atoms with Crippen LogP contribution >= 0.6 is 11.6 Å². The summed E-state index contributed by atoms with van der Waals surface area (Å²) < 4.78 is 1.97. The van der Waals surface area contributed by atoms with Gasteiger partial charge in [-0.25, -0.2) is 9.97 Å². The first-order valence-corrected chi connectivity index (χ1v) is 7.56. The minimum absolute atomic E-state index is 0.207. The molecule has 0 atom stereocenters. The van der Waals surface area contributed by atoms with E-state index in [0.29, 0.717) is 5.92 Å². The van der Waals surface area contributed by atoms with E-state index in [0.717, 1.165) is 36.7 Å². The van der Waals surface area contributed by atoms with Crippen LogP contribution in [0.4, 0.5) is 5.82 Å². The molecule has 0 aromatic carbocycles. The fraction of sp³-hybridized carbons (Fsp3) is 0.571. The van der Waals surface area contributed by atoms with Gasteiger partial charge in [0.15, 0.2) is 0 Å². The summed E-state index contributed by atoms with van der Waals surface area (Å²) in [6, 6.07) is 1.98. The summed E-state index contributed by atoms with van der Waals surface area (Å²) in [6.07, 6.45) is 3.73. The number of anilines is 1. The number of aryl methyl sites for hydroxylation is 1. The van der Waals surface area contributed by atoms with Gasteiger partial charge in [0.25, 0.3) is 0 Å². The Morgan fingerprint density at radius 2 is 2.19 bits per heavy atom. The second-order valence-electron chi connectivity index (χ2n) is 5.80. The van der Waals surface area contributed by atoms with Crippen LogP contribution in [-0.4, -0.2) is 31.3 Å². The largest absolute Gasteiger partial charge is 0.370 e. The molecule has 0 spiro atoms. The molecule has 0 radical (unpaired) electrons. The van der Waals surface area contributed by atoms with Crippen molar-refractivity contribution < 1.29 is 0 Å². The molecule has 1 saturated carbocycles. The van der Waals surface area contributed by atoms with Crippen molar-refractivity contribution in [3.05, 3.63) is 29.2 Å². The van der Waals surface area contributed by atoms with Gasteiger partial charge in [-0.3, -0.25) is 0 Å². The van der Waals surface area contributed by atoms with Crippen LogP contribution in [0, 0.1) is 5.92 Å². The van der Waals surface area contributed by atoms with Gasteiger partial charge < -0.3 is 9.88 Å². The van der Waals surface area contributed by atoms with Gasteiger partial charge in [0, 0.05) is 19.7 Å². The van der Waals surface area contributed by atoms with E-state index >= 15 is 0 Å². The summed E-state index contributed by atoms with van der Waals surface area (Å²) in [5.41, 5.74) is 0.717. The molecule has 2 aromatic heterocycles. The van der Waals surface area contributed by atoms with Gasteiger partial charge in [0.2, 0.25) is 5.28 Å². The predicted octanol–water partition coefficient (Wildman–Crippen LogP) is 2.41. The topological polar surface area (TPSA) is 68.5 Å². The highest BCUT2D eigenvalue weighted by Gasteiger charge is 2.49. The van der Waals surface area contributed by atoms with E-state index < -0.39 is 0 Å². The van der Waals surface area contributed by atoms with Crippen molar-refractivity contribution in [1.82, 2.24) is 24.7 Å². The molecule has 7 heteroatoms. The molecule has 0 amide bonds. The van der Waals surface area contributed by atoms with Crippen LogP contribution in [0.15, 0.2) is 12.4 Å². The van der Waals surface area contributed by atoms with Crippen molar-refractivity contribution in [3.63, 3.8) is 0 Å². The van der Waals surface area contributed by atoms with Crippen molar-refractivity contribution in [2.45, 2.75) is 32.1 Å². The van der Waals surface area contributed by atoms with E-state index in [1.165, 1.54) is 0 Å². The minimum atomic E-state index is -0.207. The maximum Gasteiger partial charge on any atom is 0.224 e.